The van der Waals surface area contributed by atoms with Gasteiger partial charge in [0.1, 0.15) is 0 Å². The third kappa shape index (κ3) is 4.36. The van der Waals surface area contributed by atoms with Gasteiger partial charge in [0.15, 0.2) is 0 Å². The van der Waals surface area contributed by atoms with E-state index in [1.54, 1.807) is 36.3 Å². The van der Waals surface area contributed by atoms with Crippen LogP contribution in [0.15, 0.2) is 58.2 Å². The Kier molecular flexibility index (Phi) is 5.42. The van der Waals surface area contributed by atoms with Crippen LogP contribution in [0.25, 0.3) is 0 Å². The van der Waals surface area contributed by atoms with E-state index in [0.717, 1.165) is 10.2 Å². The Balaban J connectivity index is 1.76. The van der Waals surface area contributed by atoms with Gasteiger partial charge in [-0.3, -0.25) is 9.78 Å². The molecule has 0 aliphatic heterocycles. The second-order valence-corrected chi connectivity index (χ2v) is 5.77. The van der Waals surface area contributed by atoms with Crippen LogP contribution in [0.4, 0.5) is 0 Å². The Bertz CT molecular complexity index is 548. The van der Waals surface area contributed by atoms with E-state index in [1.807, 2.05) is 18.2 Å². The molecular weight excluding hydrogens is 324 g/mol. The molecule has 1 aromatic heterocycles. The highest BCUT2D eigenvalue weighted by atomic mass is 79.9. The molecular formula is C14H13BrN2OS. The lowest BCUT2D eigenvalue weighted by atomic mass is 10.3. The number of amides is 1. The van der Waals surface area contributed by atoms with Crippen molar-refractivity contribution >= 4 is 33.6 Å². The molecule has 0 fully saturated rings. The van der Waals surface area contributed by atoms with Crippen LogP contribution in [-0.2, 0) is 0 Å². The quantitative estimate of drug-likeness (QED) is 0.672. The molecule has 2 aromatic rings. The van der Waals surface area contributed by atoms with Crippen LogP contribution in [0.3, 0.4) is 0 Å². The zero-order valence-corrected chi connectivity index (χ0v) is 12.6. The summed E-state index contributed by atoms with van der Waals surface area (Å²) in [7, 11) is 0. The first kappa shape index (κ1) is 14.1. The number of halogens is 1. The van der Waals surface area contributed by atoms with Crippen LogP contribution in [0.2, 0.25) is 0 Å². The Hall–Kier alpha value is -1.33. The average Bonchev–Trinajstić information content (AvgIpc) is 2.46. The highest BCUT2D eigenvalue weighted by Crippen LogP contribution is 2.26. The van der Waals surface area contributed by atoms with Crippen LogP contribution in [0, 0.1) is 0 Å². The Labute approximate surface area is 125 Å². The largest absolute Gasteiger partial charge is 0.351 e. The lowest BCUT2D eigenvalue weighted by molar-refractivity contribution is 0.0956. The van der Waals surface area contributed by atoms with Gasteiger partial charge in [-0.2, -0.15) is 0 Å². The van der Waals surface area contributed by atoms with Crippen molar-refractivity contribution < 1.29 is 4.79 Å². The molecule has 0 saturated carbocycles. The molecule has 1 N–H and O–H groups in total. The number of nitrogens with zero attached hydrogens (tertiary/aromatic N) is 1. The van der Waals surface area contributed by atoms with Gasteiger partial charge in [-0.1, -0.05) is 12.1 Å². The molecule has 5 heteroatoms. The van der Waals surface area contributed by atoms with Crippen LogP contribution in [-0.4, -0.2) is 23.2 Å². The molecule has 98 valence electrons. The topological polar surface area (TPSA) is 42.0 Å². The van der Waals surface area contributed by atoms with Gasteiger partial charge in [0.2, 0.25) is 0 Å². The van der Waals surface area contributed by atoms with Gasteiger partial charge in [-0.05, 0) is 40.2 Å². The first-order valence-electron chi connectivity index (χ1n) is 5.83. The van der Waals surface area contributed by atoms with Crippen LogP contribution < -0.4 is 5.32 Å². The second kappa shape index (κ2) is 7.31. The van der Waals surface area contributed by atoms with Crippen molar-refractivity contribution in [3.63, 3.8) is 0 Å². The number of thioether (sulfide) groups is 1. The summed E-state index contributed by atoms with van der Waals surface area (Å²) in [6.45, 7) is 0.625. The number of hydrogen-bond donors (Lipinski definition) is 1. The Morgan fingerprint density at radius 2 is 2.11 bits per heavy atom. The first-order chi connectivity index (χ1) is 9.27. The number of hydrogen-bond acceptors (Lipinski definition) is 3. The molecule has 19 heavy (non-hydrogen) atoms. The van der Waals surface area contributed by atoms with E-state index in [9.17, 15) is 4.79 Å². The Morgan fingerprint density at radius 3 is 2.84 bits per heavy atom. The predicted octanol–water partition coefficient (Wildman–Crippen LogP) is 3.37. The number of nitrogens with one attached hydrogen (secondary N) is 1. The van der Waals surface area contributed by atoms with Gasteiger partial charge in [0.25, 0.3) is 5.91 Å². The SMILES string of the molecule is O=C(NCCSc1ccccc1Br)c1cccnc1. The molecule has 0 bridgehead atoms. The highest BCUT2D eigenvalue weighted by molar-refractivity contribution is 9.10. The van der Waals surface area contributed by atoms with Crippen LogP contribution in [0.1, 0.15) is 10.4 Å². The number of benzene rings is 1. The smallest absolute Gasteiger partial charge is 0.252 e. The number of aromatic nitrogens is 1. The minimum absolute atomic E-state index is 0.0826. The van der Waals surface area contributed by atoms with Gasteiger partial charge >= 0.3 is 0 Å². The average molecular weight is 337 g/mol. The monoisotopic (exact) mass is 336 g/mol. The van der Waals surface area contributed by atoms with Crippen LogP contribution in [0.5, 0.6) is 0 Å². The van der Waals surface area contributed by atoms with E-state index in [0.29, 0.717) is 12.1 Å². The summed E-state index contributed by atoms with van der Waals surface area (Å²) < 4.78 is 1.08. The van der Waals surface area contributed by atoms with Crippen molar-refractivity contribution in [3.05, 3.63) is 58.8 Å². The molecule has 0 aliphatic rings. The lowest BCUT2D eigenvalue weighted by Crippen LogP contribution is -2.25. The molecule has 0 unspecified atom stereocenters. The van der Waals surface area contributed by atoms with E-state index in [1.165, 1.54) is 4.90 Å². The number of pyridine rings is 1. The van der Waals surface area contributed by atoms with Crippen molar-refractivity contribution in [2.75, 3.05) is 12.3 Å². The lowest BCUT2D eigenvalue weighted by Gasteiger charge is -2.06. The number of carbonyl (C=O) groups excluding carboxylic acids is 1. The molecule has 3 nitrogen and oxygen atoms in total. The number of rotatable bonds is 5. The predicted molar refractivity (Wildman–Crippen MR) is 81.4 cm³/mol. The normalized spacial score (nSPS) is 10.2. The molecule has 1 heterocycles. The zero-order valence-electron chi connectivity index (χ0n) is 10.2. The molecule has 0 radical (unpaired) electrons. The zero-order chi connectivity index (χ0) is 13.5. The molecule has 2 rings (SSSR count). The van der Waals surface area contributed by atoms with Gasteiger partial charge < -0.3 is 5.32 Å². The maximum atomic E-state index is 11.8. The molecule has 1 amide bonds. The van der Waals surface area contributed by atoms with Crippen LogP contribution >= 0.6 is 27.7 Å². The summed E-state index contributed by atoms with van der Waals surface area (Å²) in [5.41, 5.74) is 0.591. The Morgan fingerprint density at radius 1 is 1.26 bits per heavy atom. The fraction of sp³-hybridized carbons (Fsp3) is 0.143. The maximum Gasteiger partial charge on any atom is 0.252 e. The molecule has 0 atom stereocenters. The molecule has 0 spiro atoms. The van der Waals surface area contributed by atoms with E-state index in [2.05, 4.69) is 32.3 Å². The van der Waals surface area contributed by atoms with Gasteiger partial charge in [0.05, 0.1) is 5.56 Å². The molecule has 0 aliphatic carbocycles. The summed E-state index contributed by atoms with van der Waals surface area (Å²) >= 11 is 5.20. The van der Waals surface area contributed by atoms with E-state index < -0.39 is 0 Å². The molecule has 1 aromatic carbocycles. The van der Waals surface area contributed by atoms with E-state index in [4.69, 9.17) is 0 Å². The van der Waals surface area contributed by atoms with Gasteiger partial charge in [0, 0.05) is 34.1 Å². The summed E-state index contributed by atoms with van der Waals surface area (Å²) in [5.74, 6) is 0.745. The van der Waals surface area contributed by atoms with Crippen molar-refractivity contribution in [1.82, 2.24) is 10.3 Å². The van der Waals surface area contributed by atoms with Gasteiger partial charge in [-0.25, -0.2) is 0 Å². The van der Waals surface area contributed by atoms with Crippen molar-refractivity contribution in [1.29, 1.82) is 0 Å². The third-order valence-electron chi connectivity index (χ3n) is 2.41. The number of carbonyl (C=O) groups is 1. The van der Waals surface area contributed by atoms with Crippen molar-refractivity contribution in [2.24, 2.45) is 0 Å². The fourth-order valence-electron chi connectivity index (χ4n) is 1.49. The first-order valence-corrected chi connectivity index (χ1v) is 7.61. The fourth-order valence-corrected chi connectivity index (χ4v) is 2.92. The van der Waals surface area contributed by atoms with Crippen molar-refractivity contribution in [2.45, 2.75) is 4.90 Å². The van der Waals surface area contributed by atoms with Gasteiger partial charge in [-0.15, -0.1) is 11.8 Å². The second-order valence-electron chi connectivity index (χ2n) is 3.78. The summed E-state index contributed by atoms with van der Waals surface area (Å²) in [6.07, 6.45) is 3.22. The summed E-state index contributed by atoms with van der Waals surface area (Å²) in [4.78, 5) is 16.9. The summed E-state index contributed by atoms with van der Waals surface area (Å²) in [6, 6.07) is 11.6. The van der Waals surface area contributed by atoms with Crippen molar-refractivity contribution in [3.8, 4) is 0 Å². The van der Waals surface area contributed by atoms with E-state index in [-0.39, 0.29) is 5.91 Å². The minimum atomic E-state index is -0.0826. The summed E-state index contributed by atoms with van der Waals surface area (Å²) in [5, 5.41) is 2.87. The van der Waals surface area contributed by atoms with E-state index >= 15 is 0 Å². The standard InChI is InChI=1S/C14H13BrN2OS/c15-12-5-1-2-6-13(12)19-9-8-17-14(18)11-4-3-7-16-10-11/h1-7,10H,8-9H2,(H,17,18). The third-order valence-corrected chi connectivity index (χ3v) is 4.43. The maximum absolute atomic E-state index is 11.8. The minimum Gasteiger partial charge on any atom is -0.351 e. The highest BCUT2D eigenvalue weighted by Gasteiger charge is 2.04. The molecule has 0 saturated heterocycles.